The molecule has 3 rings (SSSR count). The fraction of sp³-hybridized carbons (Fsp3) is 0.312. The van der Waals surface area contributed by atoms with Crippen molar-refractivity contribution in [3.05, 3.63) is 47.7 Å². The van der Waals surface area contributed by atoms with Gasteiger partial charge in [0.1, 0.15) is 11.9 Å². The van der Waals surface area contributed by atoms with Gasteiger partial charge in [0.2, 0.25) is 0 Å². The van der Waals surface area contributed by atoms with E-state index in [2.05, 4.69) is 33.8 Å². The van der Waals surface area contributed by atoms with Crippen molar-refractivity contribution in [3.8, 4) is 0 Å². The maximum Gasteiger partial charge on any atom is 0.135 e. The van der Waals surface area contributed by atoms with E-state index in [-0.39, 0.29) is 6.10 Å². The lowest BCUT2D eigenvalue weighted by molar-refractivity contribution is 0.0275. The van der Waals surface area contributed by atoms with Gasteiger partial charge in [-0.15, -0.1) is 0 Å². The van der Waals surface area contributed by atoms with E-state index < -0.39 is 0 Å². The van der Waals surface area contributed by atoms with Crippen LogP contribution in [0.2, 0.25) is 0 Å². The number of pyridine rings is 1. The fourth-order valence-electron chi connectivity index (χ4n) is 2.48. The summed E-state index contributed by atoms with van der Waals surface area (Å²) in [7, 11) is 3.37. The molecular weight excluding hydrogens is 266 g/mol. The van der Waals surface area contributed by atoms with Gasteiger partial charge >= 0.3 is 0 Å². The smallest absolute Gasteiger partial charge is 0.135 e. The van der Waals surface area contributed by atoms with E-state index in [1.807, 2.05) is 12.1 Å². The lowest BCUT2D eigenvalue weighted by atomic mass is 10.1. The van der Waals surface area contributed by atoms with Crippen LogP contribution in [0, 0.1) is 0 Å². The van der Waals surface area contributed by atoms with E-state index in [9.17, 15) is 0 Å². The van der Waals surface area contributed by atoms with Crippen LogP contribution in [0.1, 0.15) is 17.2 Å². The first-order valence-corrected chi connectivity index (χ1v) is 6.92. The first-order chi connectivity index (χ1) is 10.3. The quantitative estimate of drug-likeness (QED) is 0.904. The van der Waals surface area contributed by atoms with Crippen molar-refractivity contribution in [2.24, 2.45) is 0 Å². The van der Waals surface area contributed by atoms with Crippen molar-refractivity contribution in [1.82, 2.24) is 4.98 Å². The molecule has 0 saturated carbocycles. The largest absolute Gasteiger partial charge is 0.382 e. The highest BCUT2D eigenvalue weighted by Gasteiger charge is 2.16. The first-order valence-electron chi connectivity index (χ1n) is 6.92. The molecule has 1 aromatic carbocycles. The lowest BCUT2D eigenvalue weighted by Gasteiger charge is -2.17. The maximum atomic E-state index is 5.48. The normalized spacial score (nSPS) is 14.2. The second-order valence-corrected chi connectivity index (χ2v) is 4.97. The first kappa shape index (κ1) is 13.9. The summed E-state index contributed by atoms with van der Waals surface area (Å²) in [6, 6.07) is 10.2. The van der Waals surface area contributed by atoms with Crippen molar-refractivity contribution >= 4 is 17.2 Å². The zero-order valence-corrected chi connectivity index (χ0v) is 12.2. The zero-order chi connectivity index (χ0) is 14.7. The van der Waals surface area contributed by atoms with Crippen LogP contribution in [0.15, 0.2) is 36.5 Å². The predicted molar refractivity (Wildman–Crippen MR) is 82.9 cm³/mol. The van der Waals surface area contributed by atoms with Crippen LogP contribution < -0.4 is 10.6 Å². The number of hydrogen-bond acceptors (Lipinski definition) is 5. The number of methoxy groups -OCH3 is 2. The average Bonchev–Trinajstić information content (AvgIpc) is 2.71. The Kier molecular flexibility index (Phi) is 4.03. The van der Waals surface area contributed by atoms with Gasteiger partial charge in [0.15, 0.2) is 0 Å². The highest BCUT2D eigenvalue weighted by molar-refractivity contribution is 5.77. The van der Waals surface area contributed by atoms with Gasteiger partial charge in [0.05, 0.1) is 18.0 Å². The maximum absolute atomic E-state index is 5.48. The molecule has 5 nitrogen and oxygen atoms in total. The van der Waals surface area contributed by atoms with Crippen molar-refractivity contribution in [3.63, 3.8) is 0 Å². The molecular formula is C16H19N3O2. The summed E-state index contributed by atoms with van der Waals surface area (Å²) >= 11 is 0. The van der Waals surface area contributed by atoms with Crippen LogP contribution >= 0.6 is 0 Å². The molecule has 0 unspecified atom stereocenters. The molecule has 2 N–H and O–H groups in total. The predicted octanol–water partition coefficient (Wildman–Crippen LogP) is 3.08. The van der Waals surface area contributed by atoms with Crippen LogP contribution in [0.25, 0.3) is 0 Å². The average molecular weight is 285 g/mol. The molecule has 0 fully saturated rings. The summed E-state index contributed by atoms with van der Waals surface area (Å²) in [4.78, 5) is 4.39. The highest BCUT2D eigenvalue weighted by Crippen LogP contribution is 2.33. The van der Waals surface area contributed by atoms with Gasteiger partial charge in [-0.05, 0) is 23.8 Å². The summed E-state index contributed by atoms with van der Waals surface area (Å²) in [5.74, 6) is 0.900. The molecule has 2 heterocycles. The van der Waals surface area contributed by atoms with Crippen molar-refractivity contribution in [1.29, 1.82) is 0 Å². The number of nitrogens with one attached hydrogen (secondary N) is 2. The third-order valence-electron chi connectivity index (χ3n) is 3.63. The van der Waals surface area contributed by atoms with Gasteiger partial charge in [0.25, 0.3) is 0 Å². The molecule has 2 aromatic rings. The van der Waals surface area contributed by atoms with E-state index in [0.717, 1.165) is 34.9 Å². The number of benzene rings is 1. The van der Waals surface area contributed by atoms with Gasteiger partial charge in [-0.25, -0.2) is 4.98 Å². The van der Waals surface area contributed by atoms with Crippen LogP contribution in [0.4, 0.5) is 17.2 Å². The van der Waals surface area contributed by atoms with Crippen molar-refractivity contribution in [2.45, 2.75) is 12.6 Å². The van der Waals surface area contributed by atoms with E-state index in [1.54, 1.807) is 20.4 Å². The molecule has 110 valence electrons. The lowest BCUT2D eigenvalue weighted by Crippen LogP contribution is -2.09. The summed E-state index contributed by atoms with van der Waals surface area (Å²) in [6.45, 7) is 1.28. The minimum absolute atomic E-state index is 0.0640. The number of ether oxygens (including phenoxy) is 2. The van der Waals surface area contributed by atoms with Gasteiger partial charge in [0, 0.05) is 32.5 Å². The summed E-state index contributed by atoms with van der Waals surface area (Å²) in [6.07, 6.45) is 1.73. The molecule has 21 heavy (non-hydrogen) atoms. The Labute approximate surface area is 124 Å². The van der Waals surface area contributed by atoms with Gasteiger partial charge in [-0.2, -0.15) is 0 Å². The summed E-state index contributed by atoms with van der Waals surface area (Å²) < 4.78 is 10.7. The van der Waals surface area contributed by atoms with E-state index in [1.165, 1.54) is 0 Å². The number of nitrogens with zero attached hydrogens (tertiary/aromatic N) is 1. The topological polar surface area (TPSA) is 55.4 Å². The Bertz CT molecular complexity index is 631. The van der Waals surface area contributed by atoms with E-state index in [4.69, 9.17) is 9.47 Å². The Morgan fingerprint density at radius 2 is 2.14 bits per heavy atom. The Morgan fingerprint density at radius 1 is 1.24 bits per heavy atom. The second-order valence-electron chi connectivity index (χ2n) is 4.97. The molecule has 1 aliphatic heterocycles. The second kappa shape index (κ2) is 6.11. The van der Waals surface area contributed by atoms with Gasteiger partial charge in [-0.3, -0.25) is 0 Å². The SMILES string of the molecule is COC[C@@H](OC)c1ccc2c(c1)NCc1cccnc1N2. The van der Waals surface area contributed by atoms with Crippen LogP contribution in [-0.2, 0) is 16.0 Å². The number of hydrogen-bond donors (Lipinski definition) is 2. The Hall–Kier alpha value is -2.11. The minimum Gasteiger partial charge on any atom is -0.382 e. The summed E-state index contributed by atoms with van der Waals surface area (Å²) in [5.41, 5.74) is 4.30. The molecule has 1 aliphatic rings. The molecule has 0 spiro atoms. The van der Waals surface area contributed by atoms with E-state index in [0.29, 0.717) is 6.61 Å². The van der Waals surface area contributed by atoms with Crippen LogP contribution in [-0.4, -0.2) is 25.8 Å². The molecule has 5 heteroatoms. The monoisotopic (exact) mass is 285 g/mol. The number of fused-ring (bicyclic) bond motifs is 2. The third-order valence-corrected chi connectivity index (χ3v) is 3.63. The molecule has 1 aromatic heterocycles. The minimum atomic E-state index is -0.0640. The van der Waals surface area contributed by atoms with Gasteiger partial charge < -0.3 is 20.1 Å². The molecule has 0 aliphatic carbocycles. The standard InChI is InChI=1S/C16H19N3O2/c1-20-10-15(21-2)11-5-6-13-14(8-11)18-9-12-4-3-7-17-16(12)19-13/h3-8,15,18H,9-10H2,1-2H3,(H,17,19)/t15-/m1/s1. The van der Waals surface area contributed by atoms with Gasteiger partial charge in [-0.1, -0.05) is 12.1 Å². The van der Waals surface area contributed by atoms with Crippen molar-refractivity contribution in [2.75, 3.05) is 31.5 Å². The van der Waals surface area contributed by atoms with Crippen LogP contribution in [0.3, 0.4) is 0 Å². The van der Waals surface area contributed by atoms with Crippen molar-refractivity contribution < 1.29 is 9.47 Å². The highest BCUT2D eigenvalue weighted by atomic mass is 16.5. The number of anilines is 3. The molecule has 0 amide bonds. The number of rotatable bonds is 4. The Morgan fingerprint density at radius 3 is 2.95 bits per heavy atom. The molecule has 1 atom stereocenters. The molecule has 0 radical (unpaired) electrons. The molecule has 0 saturated heterocycles. The third kappa shape index (κ3) is 2.84. The summed E-state index contributed by atoms with van der Waals surface area (Å²) in [5, 5.41) is 6.82. The zero-order valence-electron chi connectivity index (χ0n) is 12.2. The van der Waals surface area contributed by atoms with E-state index >= 15 is 0 Å². The molecule has 0 bridgehead atoms. The fourth-order valence-corrected chi connectivity index (χ4v) is 2.48. The number of aromatic nitrogens is 1. The Balaban J connectivity index is 1.91. The van der Waals surface area contributed by atoms with Crippen LogP contribution in [0.5, 0.6) is 0 Å².